The molecule has 4 aromatic rings. The van der Waals surface area contributed by atoms with Crippen molar-refractivity contribution < 1.29 is 14.3 Å². The number of rotatable bonds is 8. The predicted molar refractivity (Wildman–Crippen MR) is 143 cm³/mol. The second kappa shape index (κ2) is 11.6. The van der Waals surface area contributed by atoms with E-state index in [0.717, 1.165) is 28.4 Å². The fraction of sp³-hybridized carbons (Fsp3) is 0.0370. The molecule has 4 rings (SSSR count). The van der Waals surface area contributed by atoms with Crippen LogP contribution in [-0.4, -0.2) is 18.7 Å². The second-order valence-corrected chi connectivity index (χ2v) is 8.89. The monoisotopic (exact) mass is 578 g/mol. The van der Waals surface area contributed by atoms with Gasteiger partial charge in [-0.15, -0.1) is 0 Å². The van der Waals surface area contributed by atoms with Crippen molar-refractivity contribution in [2.45, 2.75) is 0 Å². The fourth-order valence-electron chi connectivity index (χ4n) is 3.02. The molecular formula is C27H20Br2N2O3. The summed E-state index contributed by atoms with van der Waals surface area (Å²) in [5.74, 6) is 1.83. The van der Waals surface area contributed by atoms with E-state index in [1.807, 2.05) is 97.1 Å². The van der Waals surface area contributed by atoms with Crippen LogP contribution in [0.15, 0.2) is 111 Å². The van der Waals surface area contributed by atoms with Crippen molar-refractivity contribution in [1.29, 1.82) is 0 Å². The smallest absolute Gasteiger partial charge is 0.262 e. The Balaban J connectivity index is 1.36. The molecule has 0 spiro atoms. The number of carbonyl (C=O) groups is 1. The molecule has 1 N–H and O–H groups in total. The number of halogens is 2. The Morgan fingerprint density at radius 3 is 2.06 bits per heavy atom. The number of hydrogen-bond acceptors (Lipinski definition) is 4. The largest absolute Gasteiger partial charge is 0.481 e. The van der Waals surface area contributed by atoms with Crippen LogP contribution in [0.25, 0.3) is 0 Å². The van der Waals surface area contributed by atoms with Crippen LogP contribution >= 0.6 is 31.9 Å². The molecule has 0 aliphatic carbocycles. The van der Waals surface area contributed by atoms with Gasteiger partial charge in [-0.1, -0.05) is 36.4 Å². The van der Waals surface area contributed by atoms with Gasteiger partial charge in [-0.2, -0.15) is 0 Å². The summed E-state index contributed by atoms with van der Waals surface area (Å²) in [6.45, 7) is -0.114. The normalized spacial score (nSPS) is 10.8. The molecule has 0 aromatic heterocycles. The Bertz CT molecular complexity index is 1260. The summed E-state index contributed by atoms with van der Waals surface area (Å²) in [6.07, 6.45) is 1.76. The van der Waals surface area contributed by atoms with E-state index in [9.17, 15) is 4.79 Å². The summed E-state index contributed by atoms with van der Waals surface area (Å²) >= 11 is 7.03. The van der Waals surface area contributed by atoms with Gasteiger partial charge < -0.3 is 14.8 Å². The molecule has 0 heterocycles. The molecule has 7 heteroatoms. The molecule has 170 valence electrons. The molecular weight excluding hydrogens is 560 g/mol. The van der Waals surface area contributed by atoms with Gasteiger partial charge in [0, 0.05) is 11.9 Å². The predicted octanol–water partition coefficient (Wildman–Crippen LogP) is 7.77. The van der Waals surface area contributed by atoms with E-state index in [2.05, 4.69) is 42.2 Å². The van der Waals surface area contributed by atoms with Gasteiger partial charge in [0.05, 0.1) is 14.6 Å². The summed E-state index contributed by atoms with van der Waals surface area (Å²) in [4.78, 5) is 16.7. The van der Waals surface area contributed by atoms with E-state index < -0.39 is 0 Å². The molecule has 0 atom stereocenters. The Kier molecular flexibility index (Phi) is 8.12. The maximum Gasteiger partial charge on any atom is 0.262 e. The molecule has 0 fully saturated rings. The van der Waals surface area contributed by atoms with Crippen LogP contribution in [0.3, 0.4) is 0 Å². The van der Waals surface area contributed by atoms with Crippen molar-refractivity contribution in [3.63, 3.8) is 0 Å². The van der Waals surface area contributed by atoms with Crippen molar-refractivity contribution >= 4 is 55.4 Å². The van der Waals surface area contributed by atoms with Crippen molar-refractivity contribution in [2.24, 2.45) is 4.99 Å². The first-order valence-corrected chi connectivity index (χ1v) is 12.0. The standard InChI is InChI=1S/C27H20Br2N2O3/c28-24-15-19(16-25(29)27(24)33-18-26(32)31-21-7-3-1-4-8-21)17-30-20-11-13-23(14-12-20)34-22-9-5-2-6-10-22/h1-17H,18H2,(H,31,32). The highest BCUT2D eigenvalue weighted by Gasteiger charge is 2.11. The number of nitrogens with one attached hydrogen (secondary N) is 1. The summed E-state index contributed by atoms with van der Waals surface area (Å²) in [7, 11) is 0. The van der Waals surface area contributed by atoms with Crippen LogP contribution in [0, 0.1) is 0 Å². The van der Waals surface area contributed by atoms with E-state index in [1.54, 1.807) is 6.21 Å². The molecule has 1 amide bonds. The summed E-state index contributed by atoms with van der Waals surface area (Å²) in [6, 6.07) is 30.2. The van der Waals surface area contributed by atoms with Crippen molar-refractivity contribution in [2.75, 3.05) is 11.9 Å². The minimum atomic E-state index is -0.240. The number of carbonyl (C=O) groups excluding carboxylic acids is 1. The van der Waals surface area contributed by atoms with Gasteiger partial charge in [-0.25, -0.2) is 0 Å². The third-order valence-electron chi connectivity index (χ3n) is 4.60. The quantitative estimate of drug-likeness (QED) is 0.217. The van der Waals surface area contributed by atoms with Crippen LogP contribution in [0.2, 0.25) is 0 Å². The van der Waals surface area contributed by atoms with Gasteiger partial charge in [-0.05, 0) is 98.1 Å². The van der Waals surface area contributed by atoms with Gasteiger partial charge in [0.2, 0.25) is 0 Å². The zero-order valence-electron chi connectivity index (χ0n) is 17.9. The molecule has 0 aliphatic rings. The molecule has 0 saturated heterocycles. The SMILES string of the molecule is O=C(COc1c(Br)cc(C=Nc2ccc(Oc3ccccc3)cc2)cc1Br)Nc1ccccc1. The molecule has 0 aliphatic heterocycles. The molecule has 0 radical (unpaired) electrons. The Labute approximate surface area is 214 Å². The lowest BCUT2D eigenvalue weighted by atomic mass is 10.2. The Hall–Kier alpha value is -3.42. The summed E-state index contributed by atoms with van der Waals surface area (Å²) < 4.78 is 12.9. The third-order valence-corrected chi connectivity index (χ3v) is 5.78. The van der Waals surface area contributed by atoms with E-state index >= 15 is 0 Å². The van der Waals surface area contributed by atoms with Crippen molar-refractivity contribution in [3.05, 3.63) is 112 Å². The molecule has 0 unspecified atom stereocenters. The van der Waals surface area contributed by atoms with E-state index in [0.29, 0.717) is 14.7 Å². The van der Waals surface area contributed by atoms with Crippen LogP contribution in [0.4, 0.5) is 11.4 Å². The Morgan fingerprint density at radius 1 is 0.824 bits per heavy atom. The molecule has 0 bridgehead atoms. The minimum Gasteiger partial charge on any atom is -0.481 e. The van der Waals surface area contributed by atoms with E-state index in [-0.39, 0.29) is 12.5 Å². The zero-order chi connectivity index (χ0) is 23.8. The van der Waals surface area contributed by atoms with Crippen LogP contribution < -0.4 is 14.8 Å². The van der Waals surface area contributed by atoms with Crippen LogP contribution in [0.1, 0.15) is 5.56 Å². The zero-order valence-corrected chi connectivity index (χ0v) is 21.1. The van der Waals surface area contributed by atoms with E-state index in [4.69, 9.17) is 9.47 Å². The number of anilines is 1. The molecule has 4 aromatic carbocycles. The lowest BCUT2D eigenvalue weighted by Gasteiger charge is -2.11. The third kappa shape index (κ3) is 6.79. The second-order valence-electron chi connectivity index (χ2n) is 7.18. The van der Waals surface area contributed by atoms with Gasteiger partial charge in [0.1, 0.15) is 17.2 Å². The number of aliphatic imine (C=N–C) groups is 1. The topological polar surface area (TPSA) is 59.9 Å². The molecule has 5 nitrogen and oxygen atoms in total. The van der Waals surface area contributed by atoms with Crippen LogP contribution in [0.5, 0.6) is 17.2 Å². The average molecular weight is 580 g/mol. The highest BCUT2D eigenvalue weighted by atomic mass is 79.9. The number of benzene rings is 4. The maximum atomic E-state index is 12.2. The first kappa shape index (κ1) is 23.7. The summed E-state index contributed by atoms with van der Waals surface area (Å²) in [5.41, 5.74) is 2.38. The van der Waals surface area contributed by atoms with Gasteiger partial charge >= 0.3 is 0 Å². The number of nitrogens with zero attached hydrogens (tertiary/aromatic N) is 1. The highest BCUT2D eigenvalue weighted by molar-refractivity contribution is 9.11. The van der Waals surface area contributed by atoms with Gasteiger partial charge in [-0.3, -0.25) is 9.79 Å². The van der Waals surface area contributed by atoms with Gasteiger partial charge in [0.15, 0.2) is 6.61 Å². The Morgan fingerprint density at radius 2 is 1.41 bits per heavy atom. The number of ether oxygens (including phenoxy) is 2. The van der Waals surface area contributed by atoms with Crippen molar-refractivity contribution in [3.8, 4) is 17.2 Å². The fourth-order valence-corrected chi connectivity index (χ4v) is 4.47. The first-order valence-electron chi connectivity index (χ1n) is 10.4. The van der Waals surface area contributed by atoms with Gasteiger partial charge in [0.25, 0.3) is 5.91 Å². The number of hydrogen-bond donors (Lipinski definition) is 1. The lowest BCUT2D eigenvalue weighted by molar-refractivity contribution is -0.118. The summed E-state index contributed by atoms with van der Waals surface area (Å²) in [5, 5.41) is 2.79. The maximum absolute atomic E-state index is 12.2. The molecule has 34 heavy (non-hydrogen) atoms. The number of amides is 1. The first-order chi connectivity index (χ1) is 16.6. The number of para-hydroxylation sites is 2. The van der Waals surface area contributed by atoms with E-state index in [1.165, 1.54) is 0 Å². The lowest BCUT2D eigenvalue weighted by Crippen LogP contribution is -2.20. The highest BCUT2D eigenvalue weighted by Crippen LogP contribution is 2.34. The average Bonchev–Trinajstić information content (AvgIpc) is 2.84. The molecule has 0 saturated carbocycles. The van der Waals surface area contributed by atoms with Crippen LogP contribution in [-0.2, 0) is 4.79 Å². The van der Waals surface area contributed by atoms with Crippen molar-refractivity contribution in [1.82, 2.24) is 0 Å². The minimum absolute atomic E-state index is 0.114.